The molecule has 1 heterocycles. The standard InChI is InChI=1S/C24H29F2N5O/c1-27-24(30-19-11-12-31(15-19)22-20(25)9-4-10-21(22)26)28-14-16-5-2-8-18(13-16)29-23(32)17-6-3-7-17/h2,4-5,8-10,13,17,19H,3,6-7,11-12,14-15H2,1H3,(H,29,32)(H2,27,28,30). The van der Waals surface area contributed by atoms with Crippen LogP contribution in [0.3, 0.4) is 0 Å². The largest absolute Gasteiger partial charge is 0.365 e. The Morgan fingerprint density at radius 3 is 2.56 bits per heavy atom. The molecule has 0 aromatic heterocycles. The van der Waals surface area contributed by atoms with E-state index in [9.17, 15) is 13.6 Å². The van der Waals surface area contributed by atoms with Crippen molar-refractivity contribution in [1.29, 1.82) is 0 Å². The van der Waals surface area contributed by atoms with E-state index >= 15 is 0 Å². The van der Waals surface area contributed by atoms with E-state index in [1.54, 1.807) is 11.9 Å². The van der Waals surface area contributed by atoms with Gasteiger partial charge in [-0.1, -0.05) is 24.6 Å². The summed E-state index contributed by atoms with van der Waals surface area (Å²) in [6, 6.07) is 11.7. The molecule has 1 aliphatic heterocycles. The van der Waals surface area contributed by atoms with E-state index in [1.165, 1.54) is 18.2 Å². The predicted octanol–water partition coefficient (Wildman–Crippen LogP) is 3.65. The topological polar surface area (TPSA) is 68.8 Å². The van der Waals surface area contributed by atoms with Gasteiger partial charge < -0.3 is 20.9 Å². The third-order valence-electron chi connectivity index (χ3n) is 6.14. The molecule has 1 saturated heterocycles. The van der Waals surface area contributed by atoms with Crippen molar-refractivity contribution in [3.63, 3.8) is 0 Å². The summed E-state index contributed by atoms with van der Waals surface area (Å²) in [4.78, 5) is 18.2. The Morgan fingerprint density at radius 2 is 1.88 bits per heavy atom. The maximum absolute atomic E-state index is 14.1. The molecule has 8 heteroatoms. The summed E-state index contributed by atoms with van der Waals surface area (Å²) in [7, 11) is 1.69. The lowest BCUT2D eigenvalue weighted by Crippen LogP contribution is -2.44. The molecule has 0 spiro atoms. The highest BCUT2D eigenvalue weighted by molar-refractivity contribution is 5.93. The van der Waals surface area contributed by atoms with Gasteiger partial charge in [-0.15, -0.1) is 0 Å². The summed E-state index contributed by atoms with van der Waals surface area (Å²) >= 11 is 0. The van der Waals surface area contributed by atoms with Crippen molar-refractivity contribution in [2.75, 3.05) is 30.4 Å². The van der Waals surface area contributed by atoms with Crippen LogP contribution in [0.1, 0.15) is 31.2 Å². The lowest BCUT2D eigenvalue weighted by Gasteiger charge is -2.24. The molecular weight excluding hydrogens is 412 g/mol. The fraction of sp³-hybridized carbons (Fsp3) is 0.417. The Kier molecular flexibility index (Phi) is 6.87. The van der Waals surface area contributed by atoms with E-state index in [0.717, 1.165) is 36.9 Å². The molecule has 1 atom stereocenters. The Balaban J connectivity index is 1.29. The van der Waals surface area contributed by atoms with Crippen molar-refractivity contribution in [3.8, 4) is 0 Å². The van der Waals surface area contributed by atoms with E-state index in [1.807, 2.05) is 24.3 Å². The summed E-state index contributed by atoms with van der Waals surface area (Å²) in [5, 5.41) is 9.60. The van der Waals surface area contributed by atoms with Crippen LogP contribution in [0.5, 0.6) is 0 Å². The molecule has 0 radical (unpaired) electrons. The van der Waals surface area contributed by atoms with Crippen LogP contribution in [0, 0.1) is 17.6 Å². The van der Waals surface area contributed by atoms with Gasteiger partial charge in [-0.3, -0.25) is 9.79 Å². The minimum absolute atomic E-state index is 0.0216. The zero-order chi connectivity index (χ0) is 22.5. The van der Waals surface area contributed by atoms with Gasteiger partial charge in [-0.05, 0) is 49.1 Å². The highest BCUT2D eigenvalue weighted by Gasteiger charge is 2.27. The highest BCUT2D eigenvalue weighted by atomic mass is 19.1. The zero-order valence-corrected chi connectivity index (χ0v) is 18.2. The number of aliphatic imine (C=N–C) groups is 1. The number of para-hydroxylation sites is 1. The zero-order valence-electron chi connectivity index (χ0n) is 18.2. The SMILES string of the molecule is CN=C(NCc1cccc(NC(=O)C2CCC2)c1)NC1CCN(c2c(F)cccc2F)C1. The average molecular weight is 442 g/mol. The Morgan fingerprint density at radius 1 is 1.12 bits per heavy atom. The third-order valence-corrected chi connectivity index (χ3v) is 6.14. The molecular formula is C24H29F2N5O. The second-order valence-electron chi connectivity index (χ2n) is 8.39. The van der Waals surface area contributed by atoms with Crippen molar-refractivity contribution in [3.05, 3.63) is 59.7 Å². The number of carbonyl (C=O) groups is 1. The third kappa shape index (κ3) is 5.18. The second kappa shape index (κ2) is 9.97. The number of hydrogen-bond acceptors (Lipinski definition) is 3. The molecule has 2 aromatic carbocycles. The van der Waals surface area contributed by atoms with E-state index in [-0.39, 0.29) is 23.6 Å². The molecule has 2 fully saturated rings. The predicted molar refractivity (Wildman–Crippen MR) is 123 cm³/mol. The number of rotatable bonds is 6. The number of nitrogens with zero attached hydrogens (tertiary/aromatic N) is 2. The van der Waals surface area contributed by atoms with Crippen molar-refractivity contribution in [1.82, 2.24) is 10.6 Å². The second-order valence-corrected chi connectivity index (χ2v) is 8.39. The average Bonchev–Trinajstić information content (AvgIpc) is 3.18. The first-order valence-corrected chi connectivity index (χ1v) is 11.1. The molecule has 0 bridgehead atoms. The van der Waals surface area contributed by atoms with Crippen LogP contribution in [0.15, 0.2) is 47.5 Å². The van der Waals surface area contributed by atoms with Crippen LogP contribution < -0.4 is 20.9 Å². The van der Waals surface area contributed by atoms with Gasteiger partial charge in [0, 0.05) is 44.3 Å². The van der Waals surface area contributed by atoms with Crippen LogP contribution in [-0.4, -0.2) is 38.0 Å². The fourth-order valence-electron chi connectivity index (χ4n) is 4.12. The van der Waals surface area contributed by atoms with Gasteiger partial charge in [-0.2, -0.15) is 0 Å². The Bertz CT molecular complexity index is 972. The summed E-state index contributed by atoms with van der Waals surface area (Å²) < 4.78 is 28.2. The van der Waals surface area contributed by atoms with Crippen LogP contribution >= 0.6 is 0 Å². The van der Waals surface area contributed by atoms with E-state index in [2.05, 4.69) is 20.9 Å². The van der Waals surface area contributed by atoms with Crippen molar-refractivity contribution < 1.29 is 13.6 Å². The van der Waals surface area contributed by atoms with E-state index in [4.69, 9.17) is 0 Å². The maximum Gasteiger partial charge on any atom is 0.227 e. The van der Waals surface area contributed by atoms with Gasteiger partial charge in [0.25, 0.3) is 0 Å². The fourth-order valence-corrected chi connectivity index (χ4v) is 4.12. The highest BCUT2D eigenvalue weighted by Crippen LogP contribution is 2.28. The lowest BCUT2D eigenvalue weighted by atomic mass is 9.85. The number of anilines is 2. The molecule has 4 rings (SSSR count). The first-order chi connectivity index (χ1) is 15.5. The molecule has 3 N–H and O–H groups in total. The maximum atomic E-state index is 14.1. The molecule has 170 valence electrons. The molecule has 1 amide bonds. The van der Waals surface area contributed by atoms with Crippen molar-refractivity contribution in [2.45, 2.75) is 38.3 Å². The number of guanidine groups is 1. The Labute approximate surface area is 187 Å². The van der Waals surface area contributed by atoms with Crippen LogP contribution in [0.4, 0.5) is 20.2 Å². The normalized spacial score (nSPS) is 18.9. The first kappa shape index (κ1) is 22.0. The van der Waals surface area contributed by atoms with E-state index < -0.39 is 11.6 Å². The molecule has 32 heavy (non-hydrogen) atoms. The number of halogens is 2. The number of nitrogens with one attached hydrogen (secondary N) is 3. The molecule has 2 aromatic rings. The summed E-state index contributed by atoms with van der Waals surface area (Å²) in [5.41, 5.74) is 1.84. The van der Waals surface area contributed by atoms with Gasteiger partial charge in [0.2, 0.25) is 5.91 Å². The van der Waals surface area contributed by atoms with Gasteiger partial charge in [0.15, 0.2) is 5.96 Å². The molecule has 1 unspecified atom stereocenters. The molecule has 6 nitrogen and oxygen atoms in total. The van der Waals surface area contributed by atoms with Crippen molar-refractivity contribution in [2.24, 2.45) is 10.9 Å². The minimum Gasteiger partial charge on any atom is -0.365 e. The summed E-state index contributed by atoms with van der Waals surface area (Å²) in [5.74, 6) is -0.232. The molecule has 2 aliphatic rings. The number of carbonyl (C=O) groups excluding carboxylic acids is 1. The van der Waals surface area contributed by atoms with Gasteiger partial charge >= 0.3 is 0 Å². The van der Waals surface area contributed by atoms with Gasteiger partial charge in [0.05, 0.1) is 0 Å². The van der Waals surface area contributed by atoms with Crippen LogP contribution in [-0.2, 0) is 11.3 Å². The monoisotopic (exact) mass is 441 g/mol. The van der Waals surface area contributed by atoms with Crippen LogP contribution in [0.25, 0.3) is 0 Å². The van der Waals surface area contributed by atoms with E-state index in [0.29, 0.717) is 25.6 Å². The molecule has 1 aliphatic carbocycles. The quantitative estimate of drug-likeness (QED) is 0.473. The lowest BCUT2D eigenvalue weighted by molar-refractivity contribution is -0.122. The van der Waals surface area contributed by atoms with Gasteiger partial charge in [-0.25, -0.2) is 8.78 Å². The smallest absolute Gasteiger partial charge is 0.227 e. The van der Waals surface area contributed by atoms with Crippen molar-refractivity contribution >= 4 is 23.2 Å². The first-order valence-electron chi connectivity index (χ1n) is 11.1. The Hall–Kier alpha value is -3.16. The van der Waals surface area contributed by atoms with Crippen LogP contribution in [0.2, 0.25) is 0 Å². The number of benzene rings is 2. The number of amides is 1. The van der Waals surface area contributed by atoms with Gasteiger partial charge in [0.1, 0.15) is 17.3 Å². The summed E-state index contributed by atoms with van der Waals surface area (Å²) in [6.45, 7) is 1.58. The molecule has 1 saturated carbocycles. The number of hydrogen-bond donors (Lipinski definition) is 3. The minimum atomic E-state index is -0.544. The summed E-state index contributed by atoms with van der Waals surface area (Å²) in [6.07, 6.45) is 3.81.